The quantitative estimate of drug-likeness (QED) is 0.434. The molecule has 0 atom stereocenters. The molecule has 0 unspecified atom stereocenters. The third-order valence-corrected chi connectivity index (χ3v) is 5.31. The van der Waals surface area contributed by atoms with Crippen LogP contribution in [-0.4, -0.2) is 43.7 Å². The standard InChI is InChI=1S/C22H22N6O2S/c1-30-12-11-27-14-18(24-16-27)4-5-19-15-31-22(25-19)26-21(29)20-3-2-10-28(20)13-17-6-8-23-9-7-17/h2-10,14-16H,11-13H2,1H3,(H,25,26,29)/b5-4+. The Morgan fingerprint density at radius 3 is 2.90 bits per heavy atom. The molecule has 0 aliphatic heterocycles. The fraction of sp³-hybridized carbons (Fsp3) is 0.182. The Balaban J connectivity index is 1.37. The van der Waals surface area contributed by atoms with Crippen LogP contribution in [0.5, 0.6) is 0 Å². The minimum absolute atomic E-state index is 0.194. The first-order chi connectivity index (χ1) is 15.2. The van der Waals surface area contributed by atoms with Crippen molar-refractivity contribution in [3.05, 3.63) is 83.4 Å². The third kappa shape index (κ3) is 5.53. The van der Waals surface area contributed by atoms with E-state index in [0.717, 1.165) is 23.5 Å². The monoisotopic (exact) mass is 434 g/mol. The minimum Gasteiger partial charge on any atom is -0.383 e. The molecule has 4 aromatic heterocycles. The van der Waals surface area contributed by atoms with Crippen molar-refractivity contribution < 1.29 is 9.53 Å². The lowest BCUT2D eigenvalue weighted by molar-refractivity contribution is 0.101. The number of carbonyl (C=O) groups excluding carboxylic acids is 1. The van der Waals surface area contributed by atoms with Gasteiger partial charge in [-0.2, -0.15) is 0 Å². The molecule has 1 N–H and O–H groups in total. The highest BCUT2D eigenvalue weighted by Gasteiger charge is 2.13. The summed E-state index contributed by atoms with van der Waals surface area (Å²) in [6.45, 7) is 1.99. The number of carbonyl (C=O) groups is 1. The summed E-state index contributed by atoms with van der Waals surface area (Å²) in [4.78, 5) is 25.6. The molecule has 0 spiro atoms. The predicted octanol–water partition coefficient (Wildman–Crippen LogP) is 3.65. The number of hydrogen-bond donors (Lipinski definition) is 1. The van der Waals surface area contributed by atoms with Gasteiger partial charge in [0, 0.05) is 50.4 Å². The zero-order valence-electron chi connectivity index (χ0n) is 17.0. The number of imidazole rings is 1. The van der Waals surface area contributed by atoms with E-state index in [-0.39, 0.29) is 5.91 Å². The molecule has 0 saturated carbocycles. The molecule has 4 rings (SSSR count). The van der Waals surface area contributed by atoms with Crippen molar-refractivity contribution in [2.24, 2.45) is 0 Å². The SMILES string of the molecule is COCCn1cnc(/C=C/c2csc(NC(=O)c3cccn3Cc3ccncc3)n2)c1. The number of methoxy groups -OCH3 is 1. The predicted molar refractivity (Wildman–Crippen MR) is 121 cm³/mol. The fourth-order valence-corrected chi connectivity index (χ4v) is 3.65. The van der Waals surface area contributed by atoms with Crippen molar-refractivity contribution in [1.29, 1.82) is 0 Å². The van der Waals surface area contributed by atoms with Crippen molar-refractivity contribution >= 4 is 34.5 Å². The van der Waals surface area contributed by atoms with Gasteiger partial charge in [-0.1, -0.05) is 0 Å². The van der Waals surface area contributed by atoms with Crippen LogP contribution in [0.15, 0.2) is 60.8 Å². The molecule has 31 heavy (non-hydrogen) atoms. The minimum atomic E-state index is -0.194. The first kappa shape index (κ1) is 20.7. The smallest absolute Gasteiger partial charge is 0.274 e. The highest BCUT2D eigenvalue weighted by Crippen LogP contribution is 2.19. The second kappa shape index (κ2) is 9.96. The largest absolute Gasteiger partial charge is 0.383 e. The fourth-order valence-electron chi connectivity index (χ4n) is 2.98. The number of thiazole rings is 1. The van der Waals surface area contributed by atoms with E-state index < -0.39 is 0 Å². The normalized spacial score (nSPS) is 11.3. The molecule has 0 aliphatic carbocycles. The number of rotatable bonds is 9. The van der Waals surface area contributed by atoms with Crippen molar-refractivity contribution in [3.8, 4) is 0 Å². The van der Waals surface area contributed by atoms with E-state index in [2.05, 4.69) is 20.3 Å². The van der Waals surface area contributed by atoms with Gasteiger partial charge in [0.25, 0.3) is 5.91 Å². The van der Waals surface area contributed by atoms with Gasteiger partial charge in [0.2, 0.25) is 0 Å². The van der Waals surface area contributed by atoms with Crippen LogP contribution in [0.1, 0.15) is 27.4 Å². The molecule has 8 nitrogen and oxygen atoms in total. The molecule has 4 aromatic rings. The maximum Gasteiger partial charge on any atom is 0.274 e. The first-order valence-electron chi connectivity index (χ1n) is 9.71. The lowest BCUT2D eigenvalue weighted by atomic mass is 10.2. The molecule has 0 saturated heterocycles. The Kier molecular flexibility index (Phi) is 6.65. The van der Waals surface area contributed by atoms with E-state index in [0.29, 0.717) is 24.0 Å². The maximum atomic E-state index is 12.7. The van der Waals surface area contributed by atoms with Crippen LogP contribution in [0.3, 0.4) is 0 Å². The zero-order chi connectivity index (χ0) is 21.5. The molecule has 0 radical (unpaired) electrons. The molecule has 4 heterocycles. The second-order valence-corrected chi connectivity index (χ2v) is 7.63. The van der Waals surface area contributed by atoms with E-state index >= 15 is 0 Å². The summed E-state index contributed by atoms with van der Waals surface area (Å²) in [6, 6.07) is 7.52. The van der Waals surface area contributed by atoms with Gasteiger partial charge in [-0.3, -0.25) is 15.1 Å². The van der Waals surface area contributed by atoms with Crippen LogP contribution in [-0.2, 0) is 17.8 Å². The van der Waals surface area contributed by atoms with E-state index in [1.807, 2.05) is 57.3 Å². The van der Waals surface area contributed by atoms with Crippen molar-refractivity contribution in [3.63, 3.8) is 0 Å². The zero-order valence-corrected chi connectivity index (χ0v) is 17.8. The average Bonchev–Trinajstić information content (AvgIpc) is 3.53. The number of amides is 1. The van der Waals surface area contributed by atoms with Crippen molar-refractivity contribution in [2.75, 3.05) is 19.0 Å². The van der Waals surface area contributed by atoms with E-state index in [1.54, 1.807) is 31.9 Å². The van der Waals surface area contributed by atoms with Gasteiger partial charge in [-0.25, -0.2) is 9.97 Å². The summed E-state index contributed by atoms with van der Waals surface area (Å²) in [5, 5.41) is 5.33. The first-order valence-corrected chi connectivity index (χ1v) is 10.6. The summed E-state index contributed by atoms with van der Waals surface area (Å²) >= 11 is 1.38. The van der Waals surface area contributed by atoms with E-state index in [1.165, 1.54) is 11.3 Å². The Bertz CT molecular complexity index is 1160. The average molecular weight is 435 g/mol. The van der Waals surface area contributed by atoms with Gasteiger partial charge in [-0.05, 0) is 42.0 Å². The van der Waals surface area contributed by atoms with E-state index in [4.69, 9.17) is 4.74 Å². The number of hydrogen-bond acceptors (Lipinski definition) is 6. The van der Waals surface area contributed by atoms with Crippen molar-refractivity contribution in [2.45, 2.75) is 13.1 Å². The molecule has 9 heteroatoms. The number of nitrogens with zero attached hydrogens (tertiary/aromatic N) is 5. The van der Waals surface area contributed by atoms with Crippen LogP contribution >= 0.6 is 11.3 Å². The molecule has 0 aliphatic rings. The summed E-state index contributed by atoms with van der Waals surface area (Å²) in [5.41, 5.74) is 3.25. The Labute approximate surface area is 183 Å². The number of anilines is 1. The molecular weight excluding hydrogens is 412 g/mol. The third-order valence-electron chi connectivity index (χ3n) is 4.54. The van der Waals surface area contributed by atoms with Gasteiger partial charge in [0.15, 0.2) is 5.13 Å². The van der Waals surface area contributed by atoms with Crippen LogP contribution in [0.25, 0.3) is 12.2 Å². The Morgan fingerprint density at radius 1 is 1.23 bits per heavy atom. The van der Waals surface area contributed by atoms with Gasteiger partial charge in [-0.15, -0.1) is 11.3 Å². The molecule has 0 aromatic carbocycles. The van der Waals surface area contributed by atoms with Gasteiger partial charge in [0.05, 0.1) is 24.3 Å². The van der Waals surface area contributed by atoms with Crippen LogP contribution in [0.4, 0.5) is 5.13 Å². The van der Waals surface area contributed by atoms with E-state index in [9.17, 15) is 4.79 Å². The van der Waals surface area contributed by atoms with Gasteiger partial charge < -0.3 is 13.9 Å². The second-order valence-electron chi connectivity index (χ2n) is 6.77. The molecule has 158 valence electrons. The summed E-state index contributed by atoms with van der Waals surface area (Å²) in [5.74, 6) is -0.194. The van der Waals surface area contributed by atoms with Crippen molar-refractivity contribution in [1.82, 2.24) is 24.1 Å². The summed E-state index contributed by atoms with van der Waals surface area (Å²) in [7, 11) is 1.68. The highest BCUT2D eigenvalue weighted by molar-refractivity contribution is 7.14. The number of ether oxygens (including phenoxy) is 1. The number of nitrogens with one attached hydrogen (secondary N) is 1. The number of aromatic nitrogens is 5. The Morgan fingerprint density at radius 2 is 2.06 bits per heavy atom. The van der Waals surface area contributed by atoms with Crippen LogP contribution < -0.4 is 5.32 Å². The van der Waals surface area contributed by atoms with Gasteiger partial charge in [0.1, 0.15) is 5.69 Å². The Hall–Kier alpha value is -3.56. The van der Waals surface area contributed by atoms with Crippen LogP contribution in [0.2, 0.25) is 0 Å². The summed E-state index contributed by atoms with van der Waals surface area (Å²) < 4.78 is 8.94. The lowest BCUT2D eigenvalue weighted by Crippen LogP contribution is -2.17. The van der Waals surface area contributed by atoms with Crippen LogP contribution in [0, 0.1) is 0 Å². The lowest BCUT2D eigenvalue weighted by Gasteiger charge is -2.08. The highest BCUT2D eigenvalue weighted by atomic mass is 32.1. The molecule has 0 fully saturated rings. The molecular formula is C22H22N6O2S. The maximum absolute atomic E-state index is 12.7. The molecule has 0 bridgehead atoms. The summed E-state index contributed by atoms with van der Waals surface area (Å²) in [6.07, 6.45) is 12.9. The number of pyridine rings is 1. The topological polar surface area (TPSA) is 86.9 Å². The van der Waals surface area contributed by atoms with Gasteiger partial charge >= 0.3 is 0 Å². The molecule has 1 amide bonds.